The van der Waals surface area contributed by atoms with Crippen LogP contribution in [0.15, 0.2) is 12.3 Å². The van der Waals surface area contributed by atoms with E-state index in [1.807, 2.05) is 18.7 Å². The van der Waals surface area contributed by atoms with Gasteiger partial charge in [0.2, 0.25) is 0 Å². The number of pyridine rings is 1. The van der Waals surface area contributed by atoms with Gasteiger partial charge < -0.3 is 15.0 Å². The second kappa shape index (κ2) is 7.55. The fourth-order valence-electron chi connectivity index (χ4n) is 2.59. The minimum absolute atomic E-state index is 0.187. The number of nitrogens with zero attached hydrogens (tertiary/aromatic N) is 2. The van der Waals surface area contributed by atoms with Crippen molar-refractivity contribution >= 4 is 5.82 Å². The summed E-state index contributed by atoms with van der Waals surface area (Å²) >= 11 is 0. The van der Waals surface area contributed by atoms with Crippen LogP contribution >= 0.6 is 0 Å². The van der Waals surface area contributed by atoms with Gasteiger partial charge in [-0.1, -0.05) is 6.92 Å². The van der Waals surface area contributed by atoms with Crippen LogP contribution in [0.25, 0.3) is 0 Å². The van der Waals surface area contributed by atoms with E-state index in [4.69, 9.17) is 4.74 Å². The Bertz CT molecular complexity index is 426. The fraction of sp³-hybridized carbons (Fsp3) is 0.667. The normalized spacial score (nSPS) is 19.4. The minimum atomic E-state index is -0.203. The lowest BCUT2D eigenvalue weighted by Crippen LogP contribution is -2.40. The van der Waals surface area contributed by atoms with Crippen molar-refractivity contribution in [3.05, 3.63) is 23.6 Å². The number of aromatic nitrogens is 1. The molecule has 1 atom stereocenters. The second-order valence-electron chi connectivity index (χ2n) is 5.05. The first kappa shape index (κ1) is 15.2. The zero-order chi connectivity index (χ0) is 14.4. The van der Waals surface area contributed by atoms with Crippen LogP contribution in [0.2, 0.25) is 0 Å². The topological polar surface area (TPSA) is 37.4 Å². The summed E-state index contributed by atoms with van der Waals surface area (Å²) in [6, 6.07) is 1.74. The zero-order valence-corrected chi connectivity index (χ0v) is 12.4. The molecule has 5 heteroatoms. The average molecular weight is 281 g/mol. The lowest BCUT2D eigenvalue weighted by molar-refractivity contribution is 0.0523. The van der Waals surface area contributed by atoms with E-state index >= 15 is 0 Å². The first-order valence-electron chi connectivity index (χ1n) is 7.46. The lowest BCUT2D eigenvalue weighted by Gasteiger charge is -2.33. The number of anilines is 1. The average Bonchev–Trinajstić information content (AvgIpc) is 2.47. The molecule has 0 aromatic carbocycles. The van der Waals surface area contributed by atoms with Crippen LogP contribution in [0, 0.1) is 5.82 Å². The van der Waals surface area contributed by atoms with Gasteiger partial charge in [-0.05, 0) is 32.4 Å². The minimum Gasteiger partial charge on any atom is -0.377 e. The van der Waals surface area contributed by atoms with Crippen LogP contribution in [-0.2, 0) is 11.3 Å². The van der Waals surface area contributed by atoms with Crippen LogP contribution in [0.3, 0.4) is 0 Å². The predicted octanol–water partition coefficient (Wildman–Crippen LogP) is 2.34. The molecule has 2 heterocycles. The summed E-state index contributed by atoms with van der Waals surface area (Å²) in [7, 11) is 0. The standard InChI is InChI=1S/C15H24FN3O/c1-3-17-10-12-7-8-18-15(14(12)16)19-9-5-6-13(11-19)20-4-2/h7-8,13,17H,3-6,9-11H2,1-2H3. The van der Waals surface area contributed by atoms with Gasteiger partial charge in [0.05, 0.1) is 6.10 Å². The van der Waals surface area contributed by atoms with Gasteiger partial charge in [-0.3, -0.25) is 0 Å². The van der Waals surface area contributed by atoms with Crippen molar-refractivity contribution in [2.75, 3.05) is 31.1 Å². The molecule has 112 valence electrons. The molecule has 0 saturated carbocycles. The molecule has 2 rings (SSSR count). The van der Waals surface area contributed by atoms with Crippen LogP contribution in [0.4, 0.5) is 10.2 Å². The summed E-state index contributed by atoms with van der Waals surface area (Å²) in [4.78, 5) is 6.24. The van der Waals surface area contributed by atoms with Crippen LogP contribution < -0.4 is 10.2 Å². The van der Waals surface area contributed by atoms with Gasteiger partial charge in [0.25, 0.3) is 0 Å². The number of nitrogens with one attached hydrogen (secondary N) is 1. The van der Waals surface area contributed by atoms with Crippen LogP contribution in [0.1, 0.15) is 32.3 Å². The third-order valence-electron chi connectivity index (χ3n) is 3.60. The maximum absolute atomic E-state index is 14.5. The lowest BCUT2D eigenvalue weighted by atomic mass is 10.1. The van der Waals surface area contributed by atoms with Gasteiger partial charge in [0, 0.05) is 38.0 Å². The summed E-state index contributed by atoms with van der Waals surface area (Å²) in [6.07, 6.45) is 3.94. The molecule has 0 amide bonds. The second-order valence-corrected chi connectivity index (χ2v) is 5.05. The Balaban J connectivity index is 2.11. The SMILES string of the molecule is CCNCc1ccnc(N2CCCC(OCC)C2)c1F. The largest absolute Gasteiger partial charge is 0.377 e. The highest BCUT2D eigenvalue weighted by atomic mass is 19.1. The highest BCUT2D eigenvalue weighted by molar-refractivity contribution is 5.43. The van der Waals surface area contributed by atoms with Gasteiger partial charge >= 0.3 is 0 Å². The molecule has 0 spiro atoms. The Morgan fingerprint density at radius 2 is 2.35 bits per heavy atom. The van der Waals surface area contributed by atoms with E-state index in [1.54, 1.807) is 12.3 Å². The van der Waals surface area contributed by atoms with Crippen molar-refractivity contribution in [1.29, 1.82) is 0 Å². The Labute approximate surface area is 120 Å². The molecule has 0 radical (unpaired) electrons. The summed E-state index contributed by atoms with van der Waals surface area (Å²) < 4.78 is 20.2. The van der Waals surface area contributed by atoms with Gasteiger partial charge in [-0.25, -0.2) is 9.37 Å². The van der Waals surface area contributed by atoms with Crippen molar-refractivity contribution in [2.45, 2.75) is 39.3 Å². The molecule has 1 aromatic rings. The monoisotopic (exact) mass is 281 g/mol. The van der Waals surface area contributed by atoms with Crippen LogP contribution in [-0.4, -0.2) is 37.3 Å². The highest BCUT2D eigenvalue weighted by Gasteiger charge is 2.24. The van der Waals surface area contributed by atoms with E-state index in [0.29, 0.717) is 24.5 Å². The number of piperidine rings is 1. The maximum atomic E-state index is 14.5. The summed E-state index contributed by atoms with van der Waals surface area (Å²) in [6.45, 7) is 7.65. The molecule has 1 unspecified atom stereocenters. The Hall–Kier alpha value is -1.20. The number of halogens is 1. The third kappa shape index (κ3) is 3.67. The molecule has 1 aliphatic rings. The first-order valence-corrected chi connectivity index (χ1v) is 7.46. The maximum Gasteiger partial charge on any atom is 0.170 e. The van der Waals surface area contributed by atoms with Crippen LogP contribution in [0.5, 0.6) is 0 Å². The summed E-state index contributed by atoms with van der Waals surface area (Å²) in [5, 5.41) is 3.15. The molecule has 0 aliphatic carbocycles. The molecule has 1 saturated heterocycles. The van der Waals surface area contributed by atoms with E-state index in [9.17, 15) is 4.39 Å². The van der Waals surface area contributed by atoms with Gasteiger partial charge in [0.1, 0.15) is 0 Å². The Kier molecular flexibility index (Phi) is 5.73. The molecule has 1 N–H and O–H groups in total. The molecule has 4 nitrogen and oxygen atoms in total. The van der Waals surface area contributed by atoms with Gasteiger partial charge in [-0.15, -0.1) is 0 Å². The summed E-state index contributed by atoms with van der Waals surface area (Å²) in [5.41, 5.74) is 0.676. The molecule has 1 aromatic heterocycles. The van der Waals surface area contributed by atoms with E-state index in [0.717, 1.165) is 32.5 Å². The summed E-state index contributed by atoms with van der Waals surface area (Å²) in [5.74, 6) is 0.260. The van der Waals surface area contributed by atoms with Crippen molar-refractivity contribution in [2.24, 2.45) is 0 Å². The zero-order valence-electron chi connectivity index (χ0n) is 12.4. The van der Waals surface area contributed by atoms with E-state index in [1.165, 1.54) is 0 Å². The molecular formula is C15H24FN3O. The first-order chi connectivity index (χ1) is 9.76. The van der Waals surface area contributed by atoms with E-state index < -0.39 is 0 Å². The quantitative estimate of drug-likeness (QED) is 0.868. The smallest absolute Gasteiger partial charge is 0.170 e. The molecule has 1 aliphatic heterocycles. The van der Waals surface area contributed by atoms with Crippen molar-refractivity contribution in [1.82, 2.24) is 10.3 Å². The number of hydrogen-bond donors (Lipinski definition) is 1. The predicted molar refractivity (Wildman–Crippen MR) is 78.4 cm³/mol. The van der Waals surface area contributed by atoms with Gasteiger partial charge in [-0.2, -0.15) is 0 Å². The van der Waals surface area contributed by atoms with Gasteiger partial charge in [0.15, 0.2) is 11.6 Å². The molecule has 1 fully saturated rings. The van der Waals surface area contributed by atoms with Crippen molar-refractivity contribution < 1.29 is 9.13 Å². The molecular weight excluding hydrogens is 257 g/mol. The van der Waals surface area contributed by atoms with E-state index in [-0.39, 0.29) is 11.9 Å². The Morgan fingerprint density at radius 1 is 1.50 bits per heavy atom. The number of rotatable bonds is 6. The fourth-order valence-corrected chi connectivity index (χ4v) is 2.59. The third-order valence-corrected chi connectivity index (χ3v) is 3.60. The highest BCUT2D eigenvalue weighted by Crippen LogP contribution is 2.24. The number of hydrogen-bond acceptors (Lipinski definition) is 4. The van der Waals surface area contributed by atoms with Crippen molar-refractivity contribution in [3.8, 4) is 0 Å². The number of ether oxygens (including phenoxy) is 1. The molecule has 0 bridgehead atoms. The Morgan fingerprint density at radius 3 is 3.10 bits per heavy atom. The van der Waals surface area contributed by atoms with Crippen molar-refractivity contribution in [3.63, 3.8) is 0 Å². The van der Waals surface area contributed by atoms with E-state index in [2.05, 4.69) is 10.3 Å². The molecule has 20 heavy (non-hydrogen) atoms.